The molecule has 2 amide bonds. The molecule has 0 radical (unpaired) electrons. The van der Waals surface area contributed by atoms with E-state index in [0.29, 0.717) is 38.9 Å². The van der Waals surface area contributed by atoms with Crippen LogP contribution in [0.4, 0.5) is 10.5 Å². The highest BCUT2D eigenvalue weighted by atomic mass is 16.4. The summed E-state index contributed by atoms with van der Waals surface area (Å²) in [4.78, 5) is 35.5. The lowest BCUT2D eigenvalue weighted by Crippen LogP contribution is -2.54. The van der Waals surface area contributed by atoms with Crippen molar-refractivity contribution < 1.29 is 14.7 Å². The van der Waals surface area contributed by atoms with E-state index < -0.39 is 11.5 Å². The van der Waals surface area contributed by atoms with Gasteiger partial charge in [0.2, 0.25) is 5.91 Å². The third-order valence-electron chi connectivity index (χ3n) is 9.38. The first kappa shape index (κ1) is 25.6. The molecule has 3 saturated heterocycles. The van der Waals surface area contributed by atoms with E-state index in [0.717, 1.165) is 61.6 Å². The van der Waals surface area contributed by atoms with Crippen molar-refractivity contribution in [3.63, 3.8) is 0 Å². The number of rotatable bonds is 5. The van der Waals surface area contributed by atoms with E-state index in [9.17, 15) is 14.7 Å². The van der Waals surface area contributed by atoms with Gasteiger partial charge < -0.3 is 19.8 Å². The molecule has 2 aromatic heterocycles. The van der Waals surface area contributed by atoms with Crippen LogP contribution < -0.4 is 4.90 Å². The van der Waals surface area contributed by atoms with Crippen LogP contribution in [0.3, 0.4) is 0 Å². The molecule has 0 bridgehead atoms. The zero-order valence-electron chi connectivity index (χ0n) is 23.0. The van der Waals surface area contributed by atoms with E-state index in [1.807, 2.05) is 9.42 Å². The molecule has 3 aliphatic heterocycles. The zero-order chi connectivity index (χ0) is 27.2. The van der Waals surface area contributed by atoms with Crippen molar-refractivity contribution in [3.8, 4) is 0 Å². The van der Waals surface area contributed by atoms with Gasteiger partial charge in [-0.25, -0.2) is 14.3 Å². The van der Waals surface area contributed by atoms with Crippen molar-refractivity contribution in [1.29, 1.82) is 0 Å². The molecule has 206 valence electrons. The first-order chi connectivity index (χ1) is 18.8. The molecule has 0 aliphatic carbocycles. The molecule has 1 aromatic carbocycles. The van der Waals surface area contributed by atoms with E-state index in [2.05, 4.69) is 61.3 Å². The van der Waals surface area contributed by atoms with E-state index in [1.165, 1.54) is 10.5 Å². The van der Waals surface area contributed by atoms with Crippen molar-refractivity contribution in [3.05, 3.63) is 59.5 Å². The van der Waals surface area contributed by atoms with Crippen LogP contribution in [-0.4, -0.2) is 80.8 Å². The van der Waals surface area contributed by atoms with Crippen molar-refractivity contribution in [1.82, 2.24) is 24.4 Å². The van der Waals surface area contributed by atoms with Gasteiger partial charge in [0.25, 0.3) is 0 Å². The molecule has 0 saturated carbocycles. The fraction of sp³-hybridized carbons (Fsp3) is 0.533. The van der Waals surface area contributed by atoms with E-state index in [1.54, 1.807) is 0 Å². The highest BCUT2D eigenvalue weighted by Gasteiger charge is 2.46. The van der Waals surface area contributed by atoms with Crippen molar-refractivity contribution >= 4 is 23.3 Å². The second-order valence-corrected chi connectivity index (χ2v) is 12.0. The van der Waals surface area contributed by atoms with Gasteiger partial charge in [-0.2, -0.15) is 5.10 Å². The van der Waals surface area contributed by atoms with E-state index in [4.69, 9.17) is 10.1 Å². The molecule has 0 unspecified atom stereocenters. The molecule has 1 N–H and O–H groups in total. The minimum atomic E-state index is -0.892. The van der Waals surface area contributed by atoms with Crippen molar-refractivity contribution in [2.24, 2.45) is 5.41 Å². The third kappa shape index (κ3) is 4.72. The van der Waals surface area contributed by atoms with Crippen LogP contribution >= 0.6 is 0 Å². The fourth-order valence-electron chi connectivity index (χ4n) is 6.90. The molecule has 6 rings (SSSR count). The number of pyridine rings is 1. The Morgan fingerprint density at radius 3 is 2.56 bits per heavy atom. The summed E-state index contributed by atoms with van der Waals surface area (Å²) in [7, 11) is 0. The molecule has 3 aromatic rings. The standard InChI is InChI=1S/C30H38N6O3/c1-22-19-24(35-16-11-29(2,21-35)23-7-4-3-5-8-23)20-36-26(22)31-25(32-36)9-15-33-14-6-10-30(27(33)37)12-17-34(18-13-30)28(38)39/h3-5,7-8,19-20H,6,9-18,21H2,1-2H3,(H,38,39)/t29-/m0/s1. The lowest BCUT2D eigenvalue weighted by molar-refractivity contribution is -0.149. The molecule has 1 atom stereocenters. The Bertz CT molecular complexity index is 1380. The minimum Gasteiger partial charge on any atom is -0.465 e. The second kappa shape index (κ2) is 9.84. The van der Waals surface area contributed by atoms with Gasteiger partial charge in [0.15, 0.2) is 11.5 Å². The zero-order valence-corrected chi connectivity index (χ0v) is 23.0. The molecular weight excluding hydrogens is 492 g/mol. The largest absolute Gasteiger partial charge is 0.465 e. The van der Waals surface area contributed by atoms with Crippen LogP contribution in [0, 0.1) is 12.3 Å². The third-order valence-corrected chi connectivity index (χ3v) is 9.38. The number of likely N-dealkylation sites (tertiary alicyclic amines) is 2. The Kier molecular flexibility index (Phi) is 6.47. The van der Waals surface area contributed by atoms with Gasteiger partial charge in [-0.15, -0.1) is 0 Å². The maximum absolute atomic E-state index is 13.5. The monoisotopic (exact) mass is 530 g/mol. The van der Waals surface area contributed by atoms with Crippen LogP contribution in [0.2, 0.25) is 0 Å². The molecule has 9 heteroatoms. The number of anilines is 1. The maximum Gasteiger partial charge on any atom is 0.407 e. The Hall–Kier alpha value is -3.62. The van der Waals surface area contributed by atoms with Gasteiger partial charge in [-0.05, 0) is 56.2 Å². The second-order valence-electron chi connectivity index (χ2n) is 12.0. The van der Waals surface area contributed by atoms with Gasteiger partial charge in [-0.3, -0.25) is 4.79 Å². The Labute approximate surface area is 229 Å². The molecule has 3 fully saturated rings. The average molecular weight is 531 g/mol. The topological polar surface area (TPSA) is 94.3 Å². The maximum atomic E-state index is 13.5. The highest BCUT2D eigenvalue weighted by Crippen LogP contribution is 2.41. The van der Waals surface area contributed by atoms with Crippen LogP contribution in [0.5, 0.6) is 0 Å². The summed E-state index contributed by atoms with van der Waals surface area (Å²) in [5.74, 6) is 0.926. The lowest BCUT2D eigenvalue weighted by Gasteiger charge is -2.45. The van der Waals surface area contributed by atoms with Gasteiger partial charge in [0.1, 0.15) is 0 Å². The predicted molar refractivity (Wildman–Crippen MR) is 149 cm³/mol. The average Bonchev–Trinajstić information content (AvgIpc) is 3.55. The van der Waals surface area contributed by atoms with Gasteiger partial charge in [0, 0.05) is 51.1 Å². The van der Waals surface area contributed by atoms with Crippen LogP contribution in [0.25, 0.3) is 5.65 Å². The predicted octanol–water partition coefficient (Wildman–Crippen LogP) is 4.13. The number of piperidine rings is 2. The smallest absolute Gasteiger partial charge is 0.407 e. The number of fused-ring (bicyclic) bond motifs is 1. The quantitative estimate of drug-likeness (QED) is 0.533. The fourth-order valence-corrected chi connectivity index (χ4v) is 6.90. The van der Waals surface area contributed by atoms with E-state index in [-0.39, 0.29) is 11.3 Å². The Balaban J connectivity index is 1.13. The Morgan fingerprint density at radius 2 is 1.82 bits per heavy atom. The van der Waals surface area contributed by atoms with Gasteiger partial charge in [0.05, 0.1) is 17.3 Å². The summed E-state index contributed by atoms with van der Waals surface area (Å²) < 4.78 is 1.90. The molecule has 1 spiro atoms. The number of amides is 2. The van der Waals surface area contributed by atoms with Crippen LogP contribution in [-0.2, 0) is 16.6 Å². The molecule has 5 heterocycles. The molecule has 3 aliphatic rings. The van der Waals surface area contributed by atoms with Gasteiger partial charge in [-0.1, -0.05) is 37.3 Å². The minimum absolute atomic E-state index is 0.125. The number of carbonyl (C=O) groups is 2. The summed E-state index contributed by atoms with van der Waals surface area (Å²) in [5, 5.41) is 14.1. The number of hydrogen-bond acceptors (Lipinski definition) is 5. The van der Waals surface area contributed by atoms with Crippen LogP contribution in [0.1, 0.15) is 56.0 Å². The first-order valence-electron chi connectivity index (χ1n) is 14.2. The normalized spacial score (nSPS) is 23.2. The van der Waals surface area contributed by atoms with Crippen molar-refractivity contribution in [2.75, 3.05) is 44.2 Å². The number of aromatic nitrogens is 3. The molecule has 9 nitrogen and oxygen atoms in total. The number of carboxylic acid groups (broad SMARTS) is 1. The number of benzene rings is 1. The number of carbonyl (C=O) groups excluding carboxylic acids is 1. The first-order valence-corrected chi connectivity index (χ1v) is 14.2. The van der Waals surface area contributed by atoms with E-state index >= 15 is 0 Å². The molecule has 39 heavy (non-hydrogen) atoms. The van der Waals surface area contributed by atoms with Gasteiger partial charge >= 0.3 is 6.09 Å². The molecular formula is C30H38N6O3. The summed E-state index contributed by atoms with van der Waals surface area (Å²) in [5.41, 5.74) is 4.22. The summed E-state index contributed by atoms with van der Waals surface area (Å²) >= 11 is 0. The summed E-state index contributed by atoms with van der Waals surface area (Å²) in [6.45, 7) is 8.61. The van der Waals surface area contributed by atoms with Crippen LogP contribution in [0.15, 0.2) is 42.6 Å². The SMILES string of the molecule is Cc1cc(N2CC[C@](C)(c3ccccc3)C2)cn2nc(CCN3CCCC4(CCN(C(=O)O)CC4)C3=O)nc12. The van der Waals surface area contributed by atoms with Crippen molar-refractivity contribution in [2.45, 2.75) is 57.8 Å². The lowest BCUT2D eigenvalue weighted by atomic mass is 9.71. The highest BCUT2D eigenvalue weighted by molar-refractivity contribution is 5.84. The Morgan fingerprint density at radius 1 is 1.05 bits per heavy atom. The number of nitrogens with zero attached hydrogens (tertiary/aromatic N) is 6. The summed E-state index contributed by atoms with van der Waals surface area (Å²) in [6.07, 6.45) is 5.95. The summed E-state index contributed by atoms with van der Waals surface area (Å²) in [6, 6.07) is 13.0. The number of hydrogen-bond donors (Lipinski definition) is 1. The number of aryl methyl sites for hydroxylation is 1.